The number of benzene rings is 1. The molecule has 164 valence electrons. The van der Waals surface area contributed by atoms with E-state index in [1.165, 1.54) is 0 Å². The molecule has 0 unspecified atom stereocenters. The molecule has 1 aromatic heterocycles. The number of aliphatic carboxylic acids is 1. The highest BCUT2D eigenvalue weighted by Gasteiger charge is 2.39. The van der Waals surface area contributed by atoms with E-state index >= 15 is 0 Å². The normalized spacial score (nSPS) is 12.6. The second kappa shape index (κ2) is 7.87. The van der Waals surface area contributed by atoms with Crippen molar-refractivity contribution in [2.45, 2.75) is 18.5 Å². The average Bonchev–Trinajstić information content (AvgIpc) is 2.57. The summed E-state index contributed by atoms with van der Waals surface area (Å²) in [6.45, 7) is -0.908. The summed E-state index contributed by atoms with van der Waals surface area (Å²) in [6, 6.07) is 0.680. The van der Waals surface area contributed by atoms with Crippen LogP contribution in [0, 0.1) is 0 Å². The van der Waals surface area contributed by atoms with Crippen LogP contribution >= 0.6 is 0 Å². The van der Waals surface area contributed by atoms with Crippen molar-refractivity contribution in [2.24, 2.45) is 0 Å². The third-order valence-electron chi connectivity index (χ3n) is 3.33. The highest BCUT2D eigenvalue weighted by molar-refractivity contribution is 5.72. The van der Waals surface area contributed by atoms with E-state index in [0.29, 0.717) is 12.1 Å². The fourth-order valence-corrected chi connectivity index (χ4v) is 2.09. The van der Waals surface area contributed by atoms with Crippen LogP contribution in [0.25, 0.3) is 0 Å². The van der Waals surface area contributed by atoms with Gasteiger partial charge in [-0.1, -0.05) is 0 Å². The Morgan fingerprint density at radius 3 is 2.03 bits per heavy atom. The van der Waals surface area contributed by atoms with Crippen LogP contribution in [-0.2, 0) is 23.3 Å². The van der Waals surface area contributed by atoms with Crippen LogP contribution in [-0.4, -0.2) is 27.6 Å². The number of nitrogens with one attached hydrogen (secondary N) is 2. The molecule has 0 aliphatic rings. The Kier molecular flexibility index (Phi) is 6.04. The van der Waals surface area contributed by atoms with Crippen LogP contribution in [0.5, 0.6) is 0 Å². The van der Waals surface area contributed by atoms with Gasteiger partial charge in [-0.15, -0.1) is 0 Å². The zero-order chi connectivity index (χ0) is 22.9. The van der Waals surface area contributed by atoms with Gasteiger partial charge >= 0.3 is 24.5 Å². The fraction of sp³-hybridized carbons (Fsp3) is 0.267. The summed E-state index contributed by atoms with van der Waals surface area (Å²) in [5.74, 6) is -3.24. The van der Waals surface area contributed by atoms with Crippen molar-refractivity contribution in [1.82, 2.24) is 9.97 Å². The lowest BCUT2D eigenvalue weighted by Crippen LogP contribution is -2.18. The topological polar surface area (TPSA) is 87.1 Å². The monoisotopic (exact) mass is 448 g/mol. The van der Waals surface area contributed by atoms with Gasteiger partial charge in [-0.05, 0) is 18.2 Å². The summed E-state index contributed by atoms with van der Waals surface area (Å²) in [4.78, 5) is 17.0. The molecule has 2 aromatic rings. The highest BCUT2D eigenvalue weighted by Crippen LogP contribution is 2.40. The third kappa shape index (κ3) is 5.87. The first-order chi connectivity index (χ1) is 13.6. The number of hydrogen-bond acceptors (Lipinski definition) is 5. The van der Waals surface area contributed by atoms with Crippen molar-refractivity contribution in [3.8, 4) is 0 Å². The molecule has 0 bridgehead atoms. The molecule has 6 nitrogen and oxygen atoms in total. The molecule has 15 heteroatoms. The van der Waals surface area contributed by atoms with Gasteiger partial charge in [0.25, 0.3) is 0 Å². The predicted octanol–water partition coefficient (Wildman–Crippen LogP) is 4.77. The van der Waals surface area contributed by atoms with Gasteiger partial charge in [0.05, 0.1) is 16.8 Å². The number of aromatic nitrogens is 2. The van der Waals surface area contributed by atoms with E-state index in [0.717, 1.165) is 0 Å². The summed E-state index contributed by atoms with van der Waals surface area (Å²) >= 11 is 0. The number of rotatable bonds is 5. The van der Waals surface area contributed by atoms with Crippen LogP contribution in [0.15, 0.2) is 24.3 Å². The minimum atomic E-state index is -5.28. The maximum atomic E-state index is 13.2. The van der Waals surface area contributed by atoms with Crippen molar-refractivity contribution in [3.63, 3.8) is 0 Å². The van der Waals surface area contributed by atoms with Gasteiger partial charge in [0.2, 0.25) is 5.95 Å². The minimum absolute atomic E-state index is 0.211. The molecule has 0 aliphatic heterocycles. The number of halogens is 9. The van der Waals surface area contributed by atoms with Crippen LogP contribution in [0.4, 0.5) is 57.0 Å². The van der Waals surface area contributed by atoms with Crippen molar-refractivity contribution in [2.75, 3.05) is 17.2 Å². The summed E-state index contributed by atoms with van der Waals surface area (Å²) in [5, 5.41) is 12.3. The maximum absolute atomic E-state index is 13.2. The Morgan fingerprint density at radius 2 is 1.53 bits per heavy atom. The van der Waals surface area contributed by atoms with E-state index in [4.69, 9.17) is 5.11 Å². The molecule has 1 aromatic carbocycles. The Hall–Kier alpha value is -3.26. The lowest BCUT2D eigenvalue weighted by Gasteiger charge is -2.17. The number of alkyl halides is 9. The smallest absolute Gasteiger partial charge is 0.433 e. The van der Waals surface area contributed by atoms with Crippen molar-refractivity contribution >= 4 is 23.4 Å². The van der Waals surface area contributed by atoms with Gasteiger partial charge in [0.15, 0.2) is 5.69 Å². The van der Waals surface area contributed by atoms with E-state index in [9.17, 15) is 44.3 Å². The van der Waals surface area contributed by atoms with E-state index in [1.54, 1.807) is 0 Å². The lowest BCUT2D eigenvalue weighted by atomic mass is 10.1. The van der Waals surface area contributed by atoms with Crippen LogP contribution in [0.2, 0.25) is 0 Å². The van der Waals surface area contributed by atoms with Gasteiger partial charge in [-0.3, -0.25) is 4.79 Å². The first-order valence-corrected chi connectivity index (χ1v) is 7.55. The Labute approximate surface area is 160 Å². The zero-order valence-corrected chi connectivity index (χ0v) is 14.2. The molecule has 0 saturated heterocycles. The van der Waals surface area contributed by atoms with Crippen LogP contribution in [0.3, 0.4) is 0 Å². The largest absolute Gasteiger partial charge is 0.480 e. The molecule has 30 heavy (non-hydrogen) atoms. The second-order valence-electron chi connectivity index (χ2n) is 5.59. The molecular formula is C15H9F9N4O2. The van der Waals surface area contributed by atoms with E-state index in [1.807, 2.05) is 10.6 Å². The minimum Gasteiger partial charge on any atom is -0.480 e. The first kappa shape index (κ1) is 23.0. The first-order valence-electron chi connectivity index (χ1n) is 7.55. The highest BCUT2D eigenvalue weighted by atomic mass is 19.4. The SMILES string of the molecule is O=C(O)CNc1nc(Nc2ccc(C(F)(F)F)cc2C(F)(F)F)cc(C(F)(F)F)n1. The van der Waals surface area contributed by atoms with Gasteiger partial charge in [0, 0.05) is 6.07 Å². The number of carboxylic acids is 1. The van der Waals surface area contributed by atoms with Crippen molar-refractivity contribution in [3.05, 3.63) is 41.1 Å². The van der Waals surface area contributed by atoms with Gasteiger partial charge in [-0.25, -0.2) is 4.98 Å². The van der Waals surface area contributed by atoms with Crippen LogP contribution < -0.4 is 10.6 Å². The molecule has 0 amide bonds. The second-order valence-corrected chi connectivity index (χ2v) is 5.59. The molecule has 0 radical (unpaired) electrons. The predicted molar refractivity (Wildman–Crippen MR) is 82.9 cm³/mol. The lowest BCUT2D eigenvalue weighted by molar-refractivity contribution is -0.143. The Balaban J connectivity index is 2.52. The van der Waals surface area contributed by atoms with Crippen molar-refractivity contribution in [1.29, 1.82) is 0 Å². The Morgan fingerprint density at radius 1 is 0.900 bits per heavy atom. The summed E-state index contributed by atoms with van der Waals surface area (Å²) in [6.07, 6.45) is -15.5. The summed E-state index contributed by atoms with van der Waals surface area (Å²) < 4.78 is 117. The Bertz CT molecular complexity index is 939. The summed E-state index contributed by atoms with van der Waals surface area (Å²) in [7, 11) is 0. The van der Waals surface area contributed by atoms with Gasteiger partial charge in [-0.2, -0.15) is 44.5 Å². The van der Waals surface area contributed by atoms with Crippen molar-refractivity contribution < 1.29 is 49.4 Å². The molecule has 0 atom stereocenters. The number of nitrogens with zero attached hydrogens (tertiary/aromatic N) is 2. The molecular weight excluding hydrogens is 439 g/mol. The molecule has 3 N–H and O–H groups in total. The van der Waals surface area contributed by atoms with Gasteiger partial charge in [0.1, 0.15) is 12.4 Å². The molecule has 0 fully saturated rings. The zero-order valence-electron chi connectivity index (χ0n) is 14.2. The molecule has 1 heterocycles. The van der Waals surface area contributed by atoms with E-state index in [-0.39, 0.29) is 12.1 Å². The maximum Gasteiger partial charge on any atom is 0.433 e. The standard InChI is InChI=1S/C15H9F9N4O2/c16-13(17,18)6-1-2-8(7(3-6)14(19,20)21)26-10-4-9(15(22,23)24)27-12(28-10)25-5-11(29)30/h1-4H,5H2,(H,29,30)(H2,25,26,27,28). The molecule has 0 saturated carbocycles. The average molecular weight is 448 g/mol. The molecule has 0 spiro atoms. The summed E-state index contributed by atoms with van der Waals surface area (Å²) in [5.41, 5.74) is -6.06. The molecule has 2 rings (SSSR count). The van der Waals surface area contributed by atoms with Crippen LogP contribution in [0.1, 0.15) is 16.8 Å². The quantitative estimate of drug-likeness (QED) is 0.572. The number of hydrogen-bond donors (Lipinski definition) is 3. The van der Waals surface area contributed by atoms with E-state index < -0.39 is 65.3 Å². The third-order valence-corrected chi connectivity index (χ3v) is 3.33. The number of carbonyl (C=O) groups is 1. The molecule has 0 aliphatic carbocycles. The number of carboxylic acid groups (broad SMARTS) is 1. The van der Waals surface area contributed by atoms with Gasteiger partial charge < -0.3 is 15.7 Å². The fourth-order valence-electron chi connectivity index (χ4n) is 2.09. The number of anilines is 3. The van der Waals surface area contributed by atoms with E-state index in [2.05, 4.69) is 9.97 Å².